The Hall–Kier alpha value is -2.47. The fourth-order valence-electron chi connectivity index (χ4n) is 2.51. The van der Waals surface area contributed by atoms with Crippen molar-refractivity contribution in [1.82, 2.24) is 14.8 Å². The van der Waals surface area contributed by atoms with Crippen LogP contribution >= 0.6 is 0 Å². The molecule has 1 heterocycles. The first-order chi connectivity index (χ1) is 12.1. The molecular weight excluding hydrogens is 382 g/mol. The van der Waals surface area contributed by atoms with Gasteiger partial charge in [-0.3, -0.25) is 4.79 Å². The largest absolute Gasteiger partial charge is 0.456 e. The molecule has 0 aliphatic carbocycles. The van der Waals surface area contributed by atoms with Crippen molar-refractivity contribution in [2.75, 3.05) is 12.5 Å². The summed E-state index contributed by atoms with van der Waals surface area (Å²) >= 11 is 0. The van der Waals surface area contributed by atoms with E-state index in [1.807, 2.05) is 9.66 Å². The lowest BCUT2D eigenvalue weighted by atomic mass is 10.1. The third-order valence-electron chi connectivity index (χ3n) is 3.35. The minimum Gasteiger partial charge on any atom is -0.456 e. The van der Waals surface area contributed by atoms with E-state index in [-0.39, 0.29) is 5.56 Å². The molecule has 3 aromatic rings. The van der Waals surface area contributed by atoms with E-state index < -0.39 is 26.0 Å². The number of hydrogen-bond acceptors (Lipinski definition) is 6. The van der Waals surface area contributed by atoms with E-state index in [1.165, 1.54) is 6.07 Å². The van der Waals surface area contributed by atoms with Crippen LogP contribution in [0.4, 0.5) is 0 Å². The van der Waals surface area contributed by atoms with Gasteiger partial charge in [-0.1, -0.05) is 24.3 Å². The minimum absolute atomic E-state index is 0.0692. The van der Waals surface area contributed by atoms with Crippen LogP contribution in [0.2, 0.25) is 0 Å². The number of nitrogens with one attached hydrogen (secondary N) is 2. The predicted octanol–water partition coefficient (Wildman–Crippen LogP) is 0.957. The first-order valence-corrected chi connectivity index (χ1v) is 11.0. The van der Waals surface area contributed by atoms with Crippen molar-refractivity contribution in [2.45, 2.75) is 0 Å². The second-order valence-corrected chi connectivity index (χ2v) is 9.10. The van der Waals surface area contributed by atoms with Crippen LogP contribution < -0.4 is 9.66 Å². The standard InChI is InChI=1S/C15H15N3O6S2/c1-25(20,21)16-18(17-26(2,22)23)15(19)11-7-5-9-13-14(11)10-6-3-4-8-12(10)24-13/h3-9,16-17H,1-2H3. The lowest BCUT2D eigenvalue weighted by molar-refractivity contribution is 0.0676. The van der Waals surface area contributed by atoms with Crippen LogP contribution in [0, 0.1) is 0 Å². The Balaban J connectivity index is 2.18. The number of furan rings is 1. The normalized spacial score (nSPS) is 12.5. The molecule has 2 aromatic carbocycles. The van der Waals surface area contributed by atoms with E-state index in [2.05, 4.69) is 0 Å². The van der Waals surface area contributed by atoms with Crippen LogP contribution in [0.5, 0.6) is 0 Å². The first kappa shape index (κ1) is 18.3. The summed E-state index contributed by atoms with van der Waals surface area (Å²) in [5.74, 6) is -0.905. The van der Waals surface area contributed by atoms with Crippen LogP contribution in [0.1, 0.15) is 10.4 Å². The summed E-state index contributed by atoms with van der Waals surface area (Å²) in [4.78, 5) is 16.6. The van der Waals surface area contributed by atoms with Gasteiger partial charge in [0.15, 0.2) is 0 Å². The average Bonchev–Trinajstić information content (AvgIpc) is 2.89. The molecule has 2 N–H and O–H groups in total. The first-order valence-electron chi connectivity index (χ1n) is 7.25. The molecule has 1 aromatic heterocycles. The van der Waals surface area contributed by atoms with E-state index in [4.69, 9.17) is 4.42 Å². The van der Waals surface area contributed by atoms with E-state index in [9.17, 15) is 21.6 Å². The van der Waals surface area contributed by atoms with Crippen molar-refractivity contribution in [3.05, 3.63) is 48.0 Å². The van der Waals surface area contributed by atoms with Crippen LogP contribution in [-0.4, -0.2) is 40.4 Å². The number of carbonyl (C=O) groups is 1. The number of hydrogen-bond donors (Lipinski definition) is 2. The summed E-state index contributed by atoms with van der Waals surface area (Å²) in [6, 6.07) is 11.7. The van der Waals surface area contributed by atoms with Crippen molar-refractivity contribution in [3.8, 4) is 0 Å². The zero-order chi connectivity index (χ0) is 19.1. The Labute approximate surface area is 149 Å². The Bertz CT molecular complexity index is 1180. The molecule has 0 aliphatic heterocycles. The molecule has 0 saturated carbocycles. The van der Waals surface area contributed by atoms with Gasteiger partial charge in [0.1, 0.15) is 11.2 Å². The fraction of sp³-hybridized carbons (Fsp3) is 0.133. The minimum atomic E-state index is -3.93. The smallest absolute Gasteiger partial charge is 0.285 e. The molecule has 0 radical (unpaired) electrons. The Kier molecular flexibility index (Phi) is 4.48. The number of hydrazine groups is 2. The summed E-state index contributed by atoms with van der Waals surface area (Å²) < 4.78 is 51.8. The number of nitrogens with zero attached hydrogens (tertiary/aromatic N) is 1. The van der Waals surface area contributed by atoms with Crippen molar-refractivity contribution in [2.24, 2.45) is 0 Å². The molecule has 0 atom stereocenters. The summed E-state index contributed by atoms with van der Waals surface area (Å²) in [7, 11) is -7.85. The third-order valence-corrected chi connectivity index (χ3v) is 4.38. The van der Waals surface area contributed by atoms with Crippen molar-refractivity contribution < 1.29 is 26.0 Å². The molecule has 1 amide bonds. The van der Waals surface area contributed by atoms with E-state index >= 15 is 0 Å². The number of para-hydroxylation sites is 1. The number of fused-ring (bicyclic) bond motifs is 3. The van der Waals surface area contributed by atoms with Gasteiger partial charge < -0.3 is 4.42 Å². The monoisotopic (exact) mass is 397 g/mol. The van der Waals surface area contributed by atoms with Gasteiger partial charge in [0.25, 0.3) is 5.91 Å². The number of sulfonamides is 2. The molecule has 26 heavy (non-hydrogen) atoms. The molecule has 0 fully saturated rings. The number of carbonyl (C=O) groups excluding carboxylic acids is 1. The number of amides is 1. The quantitative estimate of drug-likeness (QED) is 0.618. The zero-order valence-corrected chi connectivity index (χ0v) is 15.4. The summed E-state index contributed by atoms with van der Waals surface area (Å²) in [5, 5.41) is 1.41. The van der Waals surface area contributed by atoms with Gasteiger partial charge in [-0.05, 0) is 18.2 Å². The fourth-order valence-corrected chi connectivity index (χ4v) is 3.48. The highest BCUT2D eigenvalue weighted by atomic mass is 32.2. The molecule has 138 valence electrons. The average molecular weight is 397 g/mol. The summed E-state index contributed by atoms with van der Waals surface area (Å²) in [6.07, 6.45) is 1.59. The maximum atomic E-state index is 12.9. The van der Waals surface area contributed by atoms with Crippen molar-refractivity contribution >= 4 is 47.9 Å². The maximum absolute atomic E-state index is 12.9. The lowest BCUT2D eigenvalue weighted by Crippen LogP contribution is -2.55. The lowest BCUT2D eigenvalue weighted by Gasteiger charge is -2.21. The molecule has 0 spiro atoms. The van der Waals surface area contributed by atoms with Crippen molar-refractivity contribution in [1.29, 1.82) is 0 Å². The van der Waals surface area contributed by atoms with Gasteiger partial charge in [-0.25, -0.2) is 16.8 Å². The third kappa shape index (κ3) is 3.85. The Morgan fingerprint density at radius 2 is 1.46 bits per heavy atom. The molecule has 3 rings (SSSR count). The Morgan fingerprint density at radius 3 is 2.08 bits per heavy atom. The highest BCUT2D eigenvalue weighted by molar-refractivity contribution is 7.89. The zero-order valence-electron chi connectivity index (χ0n) is 13.8. The predicted molar refractivity (Wildman–Crippen MR) is 95.8 cm³/mol. The number of benzene rings is 2. The second-order valence-electron chi connectivity index (χ2n) is 5.64. The van der Waals surface area contributed by atoms with Gasteiger partial charge in [-0.15, -0.1) is 9.66 Å². The molecule has 0 aliphatic rings. The van der Waals surface area contributed by atoms with Gasteiger partial charge in [0, 0.05) is 10.8 Å². The van der Waals surface area contributed by atoms with Crippen molar-refractivity contribution in [3.63, 3.8) is 0 Å². The highest BCUT2D eigenvalue weighted by Crippen LogP contribution is 2.31. The Morgan fingerprint density at radius 1 is 0.885 bits per heavy atom. The van der Waals surface area contributed by atoms with Gasteiger partial charge in [-0.2, -0.15) is 5.12 Å². The summed E-state index contributed by atoms with van der Waals surface area (Å²) in [5.41, 5.74) is 1.02. The van der Waals surface area contributed by atoms with E-state index in [0.717, 1.165) is 12.5 Å². The number of rotatable bonds is 5. The SMILES string of the molecule is CS(=O)(=O)NN(NS(C)(=O)=O)C(=O)c1cccc2oc3ccccc3c12. The van der Waals surface area contributed by atoms with Crippen LogP contribution in [0.3, 0.4) is 0 Å². The van der Waals surface area contributed by atoms with Crippen LogP contribution in [-0.2, 0) is 20.0 Å². The topological polar surface area (TPSA) is 126 Å². The van der Waals surface area contributed by atoms with Gasteiger partial charge >= 0.3 is 0 Å². The molecule has 11 heteroatoms. The molecular formula is C15H15N3O6S2. The molecule has 0 bridgehead atoms. The highest BCUT2D eigenvalue weighted by Gasteiger charge is 2.25. The van der Waals surface area contributed by atoms with Gasteiger partial charge in [0.2, 0.25) is 20.0 Å². The van der Waals surface area contributed by atoms with E-state index in [0.29, 0.717) is 27.1 Å². The summed E-state index contributed by atoms with van der Waals surface area (Å²) in [6.45, 7) is 0. The van der Waals surface area contributed by atoms with Gasteiger partial charge in [0.05, 0.1) is 18.1 Å². The van der Waals surface area contributed by atoms with Crippen LogP contribution in [0.25, 0.3) is 21.9 Å². The molecule has 9 nitrogen and oxygen atoms in total. The second kappa shape index (κ2) is 6.36. The molecule has 0 saturated heterocycles. The van der Waals surface area contributed by atoms with Crippen LogP contribution in [0.15, 0.2) is 46.9 Å². The maximum Gasteiger partial charge on any atom is 0.285 e. The van der Waals surface area contributed by atoms with E-state index in [1.54, 1.807) is 36.4 Å². The molecule has 0 unspecified atom stereocenters.